The predicted molar refractivity (Wildman–Crippen MR) is 81.4 cm³/mol. The van der Waals surface area contributed by atoms with Crippen LogP contribution in [0.25, 0.3) is 16.6 Å². The van der Waals surface area contributed by atoms with Crippen LogP contribution in [0.5, 0.6) is 5.75 Å². The summed E-state index contributed by atoms with van der Waals surface area (Å²) in [4.78, 5) is 23.2. The van der Waals surface area contributed by atoms with Crippen LogP contribution in [0.1, 0.15) is 10.5 Å². The molecule has 1 N–H and O–H groups in total. The molecule has 2 aromatic heterocycles. The number of carbonyl (C=O) groups excluding carboxylic acids is 1. The van der Waals surface area contributed by atoms with Gasteiger partial charge in [0, 0.05) is 17.3 Å². The zero-order valence-electron chi connectivity index (χ0n) is 11.8. The third-order valence-corrected chi connectivity index (χ3v) is 3.49. The van der Waals surface area contributed by atoms with Crippen molar-refractivity contribution >= 4 is 17.3 Å². The molecule has 2 heterocycles. The van der Waals surface area contributed by atoms with E-state index in [0.29, 0.717) is 11.3 Å². The molecule has 5 heteroatoms. The number of ether oxygens (including phenoxy) is 1. The van der Waals surface area contributed by atoms with E-state index in [2.05, 4.69) is 0 Å². The third kappa shape index (κ3) is 2.22. The van der Waals surface area contributed by atoms with Crippen LogP contribution in [0.4, 0.5) is 0 Å². The fraction of sp³-hybridized carbons (Fsp3) is 0.0588. The van der Waals surface area contributed by atoms with Crippen molar-refractivity contribution in [2.45, 2.75) is 0 Å². The number of carboxylic acid groups (broad SMARTS) is 1. The highest BCUT2D eigenvalue weighted by Gasteiger charge is 2.23. The monoisotopic (exact) mass is 295 g/mol. The van der Waals surface area contributed by atoms with Crippen LogP contribution >= 0.6 is 0 Å². The maximum Gasteiger partial charge on any atom is 0.378 e. The van der Waals surface area contributed by atoms with Crippen LogP contribution < -0.4 is 4.74 Å². The van der Waals surface area contributed by atoms with Crippen molar-refractivity contribution < 1.29 is 19.4 Å². The SMILES string of the molecule is COc1ccc(-c2cc3ccccn3c2C(=O)C(=O)O)cc1. The Morgan fingerprint density at radius 1 is 1.09 bits per heavy atom. The lowest BCUT2D eigenvalue weighted by Crippen LogP contribution is -2.15. The normalized spacial score (nSPS) is 10.6. The molecule has 0 saturated heterocycles. The second kappa shape index (κ2) is 5.37. The van der Waals surface area contributed by atoms with Gasteiger partial charge >= 0.3 is 5.97 Å². The van der Waals surface area contributed by atoms with Crippen LogP contribution in [0.3, 0.4) is 0 Å². The van der Waals surface area contributed by atoms with Gasteiger partial charge in [0.25, 0.3) is 5.78 Å². The lowest BCUT2D eigenvalue weighted by atomic mass is 10.0. The number of hydrogen-bond donors (Lipinski definition) is 1. The average molecular weight is 295 g/mol. The molecule has 0 aliphatic rings. The van der Waals surface area contributed by atoms with Crippen LogP contribution in [-0.4, -0.2) is 28.4 Å². The van der Waals surface area contributed by atoms with E-state index >= 15 is 0 Å². The summed E-state index contributed by atoms with van der Waals surface area (Å²) in [5.41, 5.74) is 2.25. The second-order valence-electron chi connectivity index (χ2n) is 4.76. The van der Waals surface area contributed by atoms with Crippen molar-refractivity contribution in [1.82, 2.24) is 4.40 Å². The second-order valence-corrected chi connectivity index (χ2v) is 4.76. The number of carboxylic acids is 1. The number of ketones is 1. The van der Waals surface area contributed by atoms with E-state index < -0.39 is 11.8 Å². The smallest absolute Gasteiger partial charge is 0.378 e. The molecule has 0 bridgehead atoms. The molecular formula is C17H13NO4. The average Bonchev–Trinajstić information content (AvgIpc) is 2.93. The number of nitrogens with zero attached hydrogens (tertiary/aromatic N) is 1. The maximum absolute atomic E-state index is 12.1. The summed E-state index contributed by atoms with van der Waals surface area (Å²) < 4.78 is 6.71. The van der Waals surface area contributed by atoms with Crippen molar-refractivity contribution in [2.24, 2.45) is 0 Å². The van der Waals surface area contributed by atoms with Gasteiger partial charge in [-0.25, -0.2) is 4.79 Å². The van der Waals surface area contributed by atoms with Gasteiger partial charge in [-0.15, -0.1) is 0 Å². The molecule has 0 amide bonds. The Hall–Kier alpha value is -3.08. The Kier molecular flexibility index (Phi) is 3.39. The van der Waals surface area contributed by atoms with Gasteiger partial charge in [0.15, 0.2) is 0 Å². The van der Waals surface area contributed by atoms with Crippen molar-refractivity contribution in [3.8, 4) is 16.9 Å². The first kappa shape index (κ1) is 13.9. The van der Waals surface area contributed by atoms with E-state index in [4.69, 9.17) is 9.84 Å². The highest BCUT2D eigenvalue weighted by atomic mass is 16.5. The highest BCUT2D eigenvalue weighted by Crippen LogP contribution is 2.29. The van der Waals surface area contributed by atoms with E-state index in [0.717, 1.165) is 11.1 Å². The molecule has 0 aliphatic heterocycles. The zero-order valence-corrected chi connectivity index (χ0v) is 11.8. The van der Waals surface area contributed by atoms with Crippen molar-refractivity contribution in [1.29, 1.82) is 0 Å². The van der Waals surface area contributed by atoms with Gasteiger partial charge in [-0.05, 0) is 35.9 Å². The highest BCUT2D eigenvalue weighted by molar-refractivity contribution is 6.40. The molecule has 110 valence electrons. The molecule has 22 heavy (non-hydrogen) atoms. The van der Waals surface area contributed by atoms with Crippen molar-refractivity contribution in [3.05, 3.63) is 60.4 Å². The molecule has 5 nitrogen and oxygen atoms in total. The Morgan fingerprint density at radius 2 is 1.82 bits per heavy atom. The summed E-state index contributed by atoms with van der Waals surface area (Å²) in [5, 5.41) is 9.08. The van der Waals surface area contributed by atoms with Gasteiger partial charge in [-0.2, -0.15) is 0 Å². The number of pyridine rings is 1. The molecule has 0 spiro atoms. The van der Waals surface area contributed by atoms with E-state index in [1.807, 2.05) is 12.1 Å². The Labute approximate surface area is 126 Å². The summed E-state index contributed by atoms with van der Waals surface area (Å²) in [5.74, 6) is -1.71. The summed E-state index contributed by atoms with van der Waals surface area (Å²) in [6, 6.07) is 14.4. The fourth-order valence-electron chi connectivity index (χ4n) is 2.45. The van der Waals surface area contributed by atoms with Gasteiger partial charge in [0.2, 0.25) is 0 Å². The van der Waals surface area contributed by atoms with Gasteiger partial charge in [0.05, 0.1) is 7.11 Å². The predicted octanol–water partition coefficient (Wildman–Crippen LogP) is 2.88. The number of aliphatic carboxylic acids is 1. The van der Waals surface area contributed by atoms with E-state index in [-0.39, 0.29) is 5.69 Å². The van der Waals surface area contributed by atoms with Gasteiger partial charge in [-0.3, -0.25) is 4.79 Å². The number of carbonyl (C=O) groups is 2. The third-order valence-electron chi connectivity index (χ3n) is 3.49. The minimum Gasteiger partial charge on any atom is -0.497 e. The standard InChI is InChI=1S/C17H13NO4/c1-22-13-7-5-11(6-8-13)14-10-12-4-2-3-9-18(12)15(14)16(19)17(20)21/h2-10H,1H3,(H,20,21). The maximum atomic E-state index is 12.1. The lowest BCUT2D eigenvalue weighted by Gasteiger charge is -2.05. The summed E-state index contributed by atoms with van der Waals surface area (Å²) in [6.07, 6.45) is 1.68. The number of fused-ring (bicyclic) bond motifs is 1. The Morgan fingerprint density at radius 3 is 2.45 bits per heavy atom. The van der Waals surface area contributed by atoms with Gasteiger partial charge in [0.1, 0.15) is 11.4 Å². The molecular weight excluding hydrogens is 282 g/mol. The number of hydrogen-bond acceptors (Lipinski definition) is 3. The molecule has 0 aliphatic carbocycles. The first-order valence-corrected chi connectivity index (χ1v) is 6.64. The van der Waals surface area contributed by atoms with Crippen LogP contribution in [0.15, 0.2) is 54.7 Å². The molecule has 3 aromatic rings. The molecule has 0 unspecified atom stereocenters. The van der Waals surface area contributed by atoms with Crippen molar-refractivity contribution in [2.75, 3.05) is 7.11 Å². The van der Waals surface area contributed by atoms with Crippen LogP contribution in [0, 0.1) is 0 Å². The van der Waals surface area contributed by atoms with E-state index in [1.165, 1.54) is 0 Å². The van der Waals surface area contributed by atoms with Crippen molar-refractivity contribution in [3.63, 3.8) is 0 Å². The Balaban J connectivity index is 2.25. The zero-order chi connectivity index (χ0) is 15.7. The molecule has 1 aromatic carbocycles. The molecule has 3 rings (SSSR count). The first-order valence-electron chi connectivity index (χ1n) is 6.64. The molecule has 0 radical (unpaired) electrons. The first-order chi connectivity index (χ1) is 10.6. The number of rotatable bonds is 4. The quantitative estimate of drug-likeness (QED) is 0.593. The molecule has 0 fully saturated rings. The summed E-state index contributed by atoms with van der Waals surface area (Å²) >= 11 is 0. The van der Waals surface area contributed by atoms with Gasteiger partial charge in [-0.1, -0.05) is 18.2 Å². The Bertz CT molecular complexity index is 862. The number of aromatic nitrogens is 1. The van der Waals surface area contributed by atoms with E-state index in [1.54, 1.807) is 54.1 Å². The van der Waals surface area contributed by atoms with Gasteiger partial charge < -0.3 is 14.2 Å². The molecule has 0 atom stereocenters. The number of benzene rings is 1. The summed E-state index contributed by atoms with van der Waals surface area (Å²) in [7, 11) is 1.57. The number of methoxy groups -OCH3 is 1. The van der Waals surface area contributed by atoms with E-state index in [9.17, 15) is 9.59 Å². The minimum absolute atomic E-state index is 0.147. The minimum atomic E-state index is -1.47. The van der Waals surface area contributed by atoms with Crippen LogP contribution in [0.2, 0.25) is 0 Å². The summed E-state index contributed by atoms with van der Waals surface area (Å²) in [6.45, 7) is 0. The fourth-order valence-corrected chi connectivity index (χ4v) is 2.45. The largest absolute Gasteiger partial charge is 0.497 e. The lowest BCUT2D eigenvalue weighted by molar-refractivity contribution is -0.131. The molecule has 0 saturated carbocycles. The number of Topliss-reactive ketones (excluding diaryl/α,β-unsaturated/α-hetero) is 1. The topological polar surface area (TPSA) is 68.0 Å². The van der Waals surface area contributed by atoms with Crippen LogP contribution in [-0.2, 0) is 4.79 Å².